The highest BCUT2D eigenvalue weighted by Crippen LogP contribution is 2.65. The summed E-state index contributed by atoms with van der Waals surface area (Å²) in [4.78, 5) is 2.82. The highest BCUT2D eigenvalue weighted by molar-refractivity contribution is 5.57. The molecule has 1 nitrogen and oxygen atoms in total. The van der Waals surface area contributed by atoms with Crippen LogP contribution in [0, 0.1) is 5.92 Å². The van der Waals surface area contributed by atoms with Crippen LogP contribution in [0.15, 0.2) is 91.0 Å². The van der Waals surface area contributed by atoms with Gasteiger partial charge in [0.1, 0.15) is 0 Å². The van der Waals surface area contributed by atoms with Crippen molar-refractivity contribution < 1.29 is 0 Å². The lowest BCUT2D eigenvalue weighted by Crippen LogP contribution is -2.68. The van der Waals surface area contributed by atoms with Gasteiger partial charge in [-0.3, -0.25) is 0 Å². The van der Waals surface area contributed by atoms with Crippen molar-refractivity contribution in [3.8, 4) is 0 Å². The Labute approximate surface area is 168 Å². The van der Waals surface area contributed by atoms with Gasteiger partial charge in [-0.15, -0.1) is 0 Å². The zero-order chi connectivity index (χ0) is 18.6. The summed E-state index contributed by atoms with van der Waals surface area (Å²) < 4.78 is 0. The Morgan fingerprint density at radius 2 is 1.25 bits per heavy atom. The first-order valence-corrected chi connectivity index (χ1v) is 10.7. The van der Waals surface area contributed by atoms with E-state index < -0.39 is 0 Å². The minimum Gasteiger partial charge on any atom is -0.359 e. The first-order valence-electron chi connectivity index (χ1n) is 10.7. The molecule has 2 saturated carbocycles. The maximum atomic E-state index is 2.82. The molecule has 2 heterocycles. The molecule has 3 aromatic rings. The summed E-state index contributed by atoms with van der Waals surface area (Å²) in [5.41, 5.74) is 4.92. The van der Waals surface area contributed by atoms with E-state index in [0.29, 0.717) is 11.5 Å². The Kier molecular flexibility index (Phi) is 3.50. The molecule has 1 heteroatoms. The number of rotatable bonds is 3. The van der Waals surface area contributed by atoms with Crippen LogP contribution in [0.3, 0.4) is 0 Å². The molecular formula is C27H27N. The maximum Gasteiger partial charge on any atom is 0.0668 e. The fourth-order valence-corrected chi connectivity index (χ4v) is 7.06. The van der Waals surface area contributed by atoms with Crippen molar-refractivity contribution in [2.45, 2.75) is 49.1 Å². The van der Waals surface area contributed by atoms with Gasteiger partial charge in [-0.05, 0) is 61.3 Å². The molecule has 0 radical (unpaired) electrons. The standard InChI is InChI=1S/C27H27N/c1-4-10-22(11-5-1)26-17-21-16-25(19-26)28(24-14-8-3-9-15-24)27(18-21,20-26)23-12-6-2-7-13-23/h1-15,21,25H,16-20H2. The molecule has 0 aromatic heterocycles. The van der Waals surface area contributed by atoms with E-state index in [4.69, 9.17) is 0 Å². The summed E-state index contributed by atoms with van der Waals surface area (Å²) in [7, 11) is 0. The van der Waals surface area contributed by atoms with Crippen LogP contribution in [0.4, 0.5) is 5.69 Å². The largest absolute Gasteiger partial charge is 0.359 e. The molecule has 0 amide bonds. The van der Waals surface area contributed by atoms with Crippen LogP contribution in [-0.4, -0.2) is 6.04 Å². The average molecular weight is 366 g/mol. The second-order valence-electron chi connectivity index (χ2n) is 9.29. The van der Waals surface area contributed by atoms with E-state index in [1.807, 2.05) is 0 Å². The Balaban J connectivity index is 1.55. The monoisotopic (exact) mass is 365 g/mol. The van der Waals surface area contributed by atoms with Crippen LogP contribution < -0.4 is 4.90 Å². The molecule has 4 atom stereocenters. The molecule has 0 spiro atoms. The van der Waals surface area contributed by atoms with E-state index in [0.717, 1.165) is 5.92 Å². The summed E-state index contributed by atoms with van der Waals surface area (Å²) in [6.07, 6.45) is 6.52. The fourth-order valence-electron chi connectivity index (χ4n) is 7.06. The molecule has 3 aromatic carbocycles. The summed E-state index contributed by atoms with van der Waals surface area (Å²) in [6.45, 7) is 0. The summed E-state index contributed by atoms with van der Waals surface area (Å²) in [5, 5.41) is 0. The predicted octanol–water partition coefficient (Wildman–Crippen LogP) is 6.30. The number of nitrogens with zero attached hydrogens (tertiary/aromatic N) is 1. The normalized spacial score (nSPS) is 33.2. The van der Waals surface area contributed by atoms with Gasteiger partial charge >= 0.3 is 0 Å². The summed E-state index contributed by atoms with van der Waals surface area (Å²) in [6, 6.07) is 34.6. The van der Waals surface area contributed by atoms with Gasteiger partial charge in [0.25, 0.3) is 0 Å². The van der Waals surface area contributed by atoms with Gasteiger partial charge in [0.05, 0.1) is 5.54 Å². The third kappa shape index (κ3) is 2.25. The van der Waals surface area contributed by atoms with Gasteiger partial charge in [0.15, 0.2) is 0 Å². The third-order valence-electron chi connectivity index (χ3n) is 7.73. The second-order valence-corrected chi connectivity index (χ2v) is 9.29. The lowest BCUT2D eigenvalue weighted by atomic mass is 9.48. The molecule has 140 valence electrons. The number of para-hydroxylation sites is 1. The second kappa shape index (κ2) is 5.98. The highest BCUT2D eigenvalue weighted by Gasteiger charge is 2.62. The molecule has 4 unspecified atom stereocenters. The fraction of sp³-hybridized carbons (Fsp3) is 0.333. The Morgan fingerprint density at radius 1 is 0.643 bits per heavy atom. The quantitative estimate of drug-likeness (QED) is 0.526. The van der Waals surface area contributed by atoms with Crippen LogP contribution in [0.5, 0.6) is 0 Å². The van der Waals surface area contributed by atoms with E-state index in [1.54, 1.807) is 5.56 Å². The van der Waals surface area contributed by atoms with Crippen LogP contribution in [0.25, 0.3) is 0 Å². The van der Waals surface area contributed by atoms with Crippen molar-refractivity contribution in [3.05, 3.63) is 102 Å². The zero-order valence-electron chi connectivity index (χ0n) is 16.3. The molecule has 4 bridgehead atoms. The zero-order valence-corrected chi connectivity index (χ0v) is 16.3. The first-order chi connectivity index (χ1) is 13.8. The first kappa shape index (κ1) is 16.4. The smallest absolute Gasteiger partial charge is 0.0668 e. The number of benzene rings is 3. The minimum absolute atomic E-state index is 0.114. The predicted molar refractivity (Wildman–Crippen MR) is 116 cm³/mol. The van der Waals surface area contributed by atoms with Crippen LogP contribution >= 0.6 is 0 Å². The maximum absolute atomic E-state index is 2.82. The van der Waals surface area contributed by atoms with Crippen molar-refractivity contribution in [1.29, 1.82) is 0 Å². The van der Waals surface area contributed by atoms with Gasteiger partial charge in [-0.25, -0.2) is 0 Å². The lowest BCUT2D eigenvalue weighted by molar-refractivity contribution is 0.00356. The molecular weight excluding hydrogens is 338 g/mol. The van der Waals surface area contributed by atoms with Crippen molar-refractivity contribution in [1.82, 2.24) is 0 Å². The van der Waals surface area contributed by atoms with E-state index in [9.17, 15) is 0 Å². The lowest BCUT2D eigenvalue weighted by Gasteiger charge is -2.68. The topological polar surface area (TPSA) is 3.24 Å². The highest BCUT2D eigenvalue weighted by atomic mass is 15.3. The molecule has 2 saturated heterocycles. The Morgan fingerprint density at radius 3 is 1.93 bits per heavy atom. The molecule has 7 rings (SSSR count). The van der Waals surface area contributed by atoms with E-state index >= 15 is 0 Å². The van der Waals surface area contributed by atoms with E-state index in [1.165, 1.54) is 43.4 Å². The van der Waals surface area contributed by atoms with Crippen LogP contribution in [-0.2, 0) is 11.0 Å². The van der Waals surface area contributed by atoms with Crippen LogP contribution in [0.1, 0.15) is 43.2 Å². The van der Waals surface area contributed by atoms with Crippen LogP contribution in [0.2, 0.25) is 0 Å². The SMILES string of the molecule is c1ccc(N2C3CC4CC(c5ccccc5)(C3)CC2(c2ccccc2)C4)cc1. The molecule has 0 N–H and O–H groups in total. The Bertz CT molecular complexity index is 967. The van der Waals surface area contributed by atoms with Crippen molar-refractivity contribution in [2.24, 2.45) is 5.92 Å². The summed E-state index contributed by atoms with van der Waals surface area (Å²) in [5.74, 6) is 0.827. The number of anilines is 1. The molecule has 2 aliphatic carbocycles. The van der Waals surface area contributed by atoms with E-state index in [-0.39, 0.29) is 5.54 Å². The van der Waals surface area contributed by atoms with Gasteiger partial charge < -0.3 is 4.90 Å². The molecule has 4 aliphatic rings. The third-order valence-corrected chi connectivity index (χ3v) is 7.73. The number of piperidine rings is 2. The van der Waals surface area contributed by atoms with Gasteiger partial charge in [0.2, 0.25) is 0 Å². The average Bonchev–Trinajstić information content (AvgIpc) is 2.75. The minimum atomic E-state index is 0.114. The molecule has 2 aliphatic heterocycles. The van der Waals surface area contributed by atoms with Crippen molar-refractivity contribution in [3.63, 3.8) is 0 Å². The van der Waals surface area contributed by atoms with Crippen molar-refractivity contribution >= 4 is 5.69 Å². The Hall–Kier alpha value is -2.54. The van der Waals surface area contributed by atoms with E-state index in [2.05, 4.69) is 95.9 Å². The summed E-state index contributed by atoms with van der Waals surface area (Å²) >= 11 is 0. The van der Waals surface area contributed by atoms with Crippen molar-refractivity contribution in [2.75, 3.05) is 4.90 Å². The number of hydrogen-bond acceptors (Lipinski definition) is 1. The molecule has 4 fully saturated rings. The van der Waals surface area contributed by atoms with Gasteiger partial charge in [-0.1, -0.05) is 78.9 Å². The molecule has 28 heavy (non-hydrogen) atoms. The van der Waals surface area contributed by atoms with Gasteiger partial charge in [-0.2, -0.15) is 0 Å². The number of hydrogen-bond donors (Lipinski definition) is 0. The van der Waals surface area contributed by atoms with Gasteiger partial charge in [0, 0.05) is 17.1 Å².